The number of nitrogens with zero attached hydrogens (tertiary/aromatic N) is 2. The van der Waals surface area contributed by atoms with E-state index in [9.17, 15) is 0 Å². The number of aryl methyl sites for hydroxylation is 1. The van der Waals surface area contributed by atoms with E-state index in [1.165, 1.54) is 29.0 Å². The molecule has 3 heterocycles. The molecule has 1 fully saturated rings. The predicted molar refractivity (Wildman–Crippen MR) is 79.1 cm³/mol. The summed E-state index contributed by atoms with van der Waals surface area (Å²) in [6, 6.07) is 2.18. The molecule has 3 rings (SSSR count). The van der Waals surface area contributed by atoms with Gasteiger partial charge in [-0.15, -0.1) is 11.3 Å². The molecule has 5 heteroatoms. The molecule has 0 spiro atoms. The molecule has 1 saturated heterocycles. The van der Waals surface area contributed by atoms with E-state index >= 15 is 0 Å². The average Bonchev–Trinajstić information content (AvgIpc) is 2.96. The van der Waals surface area contributed by atoms with Gasteiger partial charge in [-0.2, -0.15) is 5.10 Å². The molecule has 0 saturated carbocycles. The van der Waals surface area contributed by atoms with Gasteiger partial charge in [0, 0.05) is 46.0 Å². The van der Waals surface area contributed by atoms with Crippen LogP contribution in [0.1, 0.15) is 24.5 Å². The summed E-state index contributed by atoms with van der Waals surface area (Å²) >= 11 is 5.30. The van der Waals surface area contributed by atoms with Crippen LogP contribution in [-0.4, -0.2) is 22.9 Å². The van der Waals surface area contributed by atoms with Gasteiger partial charge in [-0.1, -0.05) is 0 Å². The molecule has 1 atom stereocenters. The number of piperidine rings is 1. The lowest BCUT2D eigenvalue weighted by Crippen LogP contribution is -2.28. The van der Waals surface area contributed by atoms with E-state index in [2.05, 4.69) is 44.0 Å². The highest BCUT2D eigenvalue weighted by Gasteiger charge is 2.22. The average molecular weight is 326 g/mol. The van der Waals surface area contributed by atoms with Gasteiger partial charge in [0.05, 0.1) is 5.69 Å². The highest BCUT2D eigenvalue weighted by molar-refractivity contribution is 9.10. The summed E-state index contributed by atoms with van der Waals surface area (Å²) in [5.74, 6) is 0.552. The highest BCUT2D eigenvalue weighted by Crippen LogP contribution is 2.36. The van der Waals surface area contributed by atoms with Crippen molar-refractivity contribution < 1.29 is 0 Å². The molecule has 2 aromatic rings. The standard InChI is InChI=1S/C13H16BrN3S/c1-17-7-11(12-5-10(14)8-18-12)13(16-17)9-3-2-4-15-6-9/h5,7-9,15H,2-4,6H2,1H3. The van der Waals surface area contributed by atoms with Gasteiger partial charge in [0.25, 0.3) is 0 Å². The number of hydrogen-bond donors (Lipinski definition) is 1. The van der Waals surface area contributed by atoms with Gasteiger partial charge in [-0.05, 0) is 41.4 Å². The van der Waals surface area contributed by atoms with Crippen molar-refractivity contribution >= 4 is 27.3 Å². The summed E-state index contributed by atoms with van der Waals surface area (Å²) < 4.78 is 3.09. The molecule has 0 amide bonds. The Morgan fingerprint density at radius 2 is 2.44 bits per heavy atom. The van der Waals surface area contributed by atoms with Crippen LogP contribution < -0.4 is 5.32 Å². The molecule has 1 unspecified atom stereocenters. The third-order valence-electron chi connectivity index (χ3n) is 3.37. The van der Waals surface area contributed by atoms with Crippen molar-refractivity contribution in [1.82, 2.24) is 15.1 Å². The van der Waals surface area contributed by atoms with E-state index in [0.29, 0.717) is 5.92 Å². The molecule has 0 bridgehead atoms. The Bertz CT molecular complexity index is 540. The van der Waals surface area contributed by atoms with Crippen molar-refractivity contribution in [3.05, 3.63) is 27.8 Å². The van der Waals surface area contributed by atoms with Gasteiger partial charge in [0.1, 0.15) is 0 Å². The zero-order chi connectivity index (χ0) is 12.5. The second-order valence-corrected chi connectivity index (χ2v) is 6.60. The van der Waals surface area contributed by atoms with Gasteiger partial charge < -0.3 is 5.32 Å². The van der Waals surface area contributed by atoms with Crippen LogP contribution in [-0.2, 0) is 7.05 Å². The lowest BCUT2D eigenvalue weighted by Gasteiger charge is -2.21. The monoisotopic (exact) mass is 325 g/mol. The van der Waals surface area contributed by atoms with Crippen molar-refractivity contribution in [2.24, 2.45) is 7.05 Å². The molecule has 0 radical (unpaired) electrons. The van der Waals surface area contributed by atoms with Crippen LogP contribution in [0.4, 0.5) is 0 Å². The molecular formula is C13H16BrN3S. The first-order valence-electron chi connectivity index (χ1n) is 6.22. The minimum Gasteiger partial charge on any atom is -0.316 e. The minimum atomic E-state index is 0.552. The highest BCUT2D eigenvalue weighted by atomic mass is 79.9. The third kappa shape index (κ3) is 2.39. The first-order valence-corrected chi connectivity index (χ1v) is 7.90. The number of aromatic nitrogens is 2. The van der Waals surface area contributed by atoms with Crippen molar-refractivity contribution in [3.8, 4) is 10.4 Å². The normalized spacial score (nSPS) is 20.2. The maximum atomic E-state index is 4.69. The second kappa shape index (κ2) is 5.15. The fourth-order valence-corrected chi connectivity index (χ4v) is 3.98. The topological polar surface area (TPSA) is 29.9 Å². The Kier molecular flexibility index (Phi) is 3.54. The van der Waals surface area contributed by atoms with Crippen molar-refractivity contribution in [1.29, 1.82) is 0 Å². The van der Waals surface area contributed by atoms with Crippen molar-refractivity contribution in [2.75, 3.05) is 13.1 Å². The number of rotatable bonds is 2. The molecule has 1 aliphatic rings. The fraction of sp³-hybridized carbons (Fsp3) is 0.462. The molecule has 18 heavy (non-hydrogen) atoms. The number of halogens is 1. The van der Waals surface area contributed by atoms with Gasteiger partial charge >= 0.3 is 0 Å². The van der Waals surface area contributed by atoms with E-state index in [1.54, 1.807) is 11.3 Å². The van der Waals surface area contributed by atoms with E-state index in [-0.39, 0.29) is 0 Å². The van der Waals surface area contributed by atoms with Crippen LogP contribution in [0, 0.1) is 0 Å². The van der Waals surface area contributed by atoms with Gasteiger partial charge in [0.15, 0.2) is 0 Å². The molecular weight excluding hydrogens is 310 g/mol. The smallest absolute Gasteiger partial charge is 0.0754 e. The van der Waals surface area contributed by atoms with Gasteiger partial charge in [-0.25, -0.2) is 0 Å². The fourth-order valence-electron chi connectivity index (χ4n) is 2.54. The molecule has 0 aliphatic carbocycles. The summed E-state index contributed by atoms with van der Waals surface area (Å²) in [6.07, 6.45) is 4.63. The first kappa shape index (κ1) is 12.4. The van der Waals surface area contributed by atoms with Crippen LogP contribution in [0.15, 0.2) is 22.1 Å². The van der Waals surface area contributed by atoms with E-state index in [1.807, 2.05) is 11.7 Å². The largest absolute Gasteiger partial charge is 0.316 e. The molecule has 3 nitrogen and oxygen atoms in total. The summed E-state index contributed by atoms with van der Waals surface area (Å²) in [7, 11) is 2.01. The maximum absolute atomic E-state index is 4.69. The van der Waals surface area contributed by atoms with Crippen LogP contribution in [0.3, 0.4) is 0 Å². The zero-order valence-corrected chi connectivity index (χ0v) is 12.7. The number of thiophene rings is 1. The molecule has 1 N–H and O–H groups in total. The van der Waals surface area contributed by atoms with E-state index < -0.39 is 0 Å². The van der Waals surface area contributed by atoms with Crippen LogP contribution in [0.25, 0.3) is 10.4 Å². The summed E-state index contributed by atoms with van der Waals surface area (Å²) in [5.41, 5.74) is 2.54. The summed E-state index contributed by atoms with van der Waals surface area (Å²) in [4.78, 5) is 1.30. The van der Waals surface area contributed by atoms with E-state index in [4.69, 9.17) is 0 Å². The van der Waals surface area contributed by atoms with Crippen molar-refractivity contribution in [3.63, 3.8) is 0 Å². The Balaban J connectivity index is 1.98. The van der Waals surface area contributed by atoms with Gasteiger partial charge in [-0.3, -0.25) is 4.68 Å². The Labute approximate surface area is 119 Å². The maximum Gasteiger partial charge on any atom is 0.0754 e. The number of nitrogens with one attached hydrogen (secondary N) is 1. The Hall–Kier alpha value is -0.650. The first-order chi connectivity index (χ1) is 8.74. The van der Waals surface area contributed by atoms with Crippen LogP contribution >= 0.6 is 27.3 Å². The van der Waals surface area contributed by atoms with Crippen LogP contribution in [0.2, 0.25) is 0 Å². The lowest BCUT2D eigenvalue weighted by molar-refractivity contribution is 0.452. The summed E-state index contributed by atoms with van der Waals surface area (Å²) in [6.45, 7) is 2.19. The van der Waals surface area contributed by atoms with E-state index in [0.717, 1.165) is 17.6 Å². The Morgan fingerprint density at radius 3 is 3.11 bits per heavy atom. The molecule has 96 valence electrons. The Morgan fingerprint density at radius 1 is 1.56 bits per heavy atom. The van der Waals surface area contributed by atoms with Gasteiger partial charge in [0.2, 0.25) is 0 Å². The lowest BCUT2D eigenvalue weighted by atomic mass is 9.93. The minimum absolute atomic E-state index is 0.552. The predicted octanol–water partition coefficient (Wildman–Crippen LogP) is 3.38. The van der Waals surface area contributed by atoms with Crippen molar-refractivity contribution in [2.45, 2.75) is 18.8 Å². The number of hydrogen-bond acceptors (Lipinski definition) is 3. The SMILES string of the molecule is Cn1cc(-c2cc(Br)cs2)c(C2CCCNC2)n1. The zero-order valence-electron chi connectivity index (χ0n) is 10.3. The molecule has 0 aromatic carbocycles. The molecule has 1 aliphatic heterocycles. The summed E-state index contributed by atoms with van der Waals surface area (Å²) in [5, 5.41) is 10.3. The second-order valence-electron chi connectivity index (χ2n) is 4.77. The van der Waals surface area contributed by atoms with Crippen LogP contribution in [0.5, 0.6) is 0 Å². The third-order valence-corrected chi connectivity index (χ3v) is 5.10. The molecule has 2 aromatic heterocycles. The quantitative estimate of drug-likeness (QED) is 0.917.